The quantitative estimate of drug-likeness (QED) is 0.780. The summed E-state index contributed by atoms with van der Waals surface area (Å²) in [6.45, 7) is 2.19. The van der Waals surface area contributed by atoms with Crippen molar-refractivity contribution in [3.63, 3.8) is 0 Å². The third-order valence-corrected chi connectivity index (χ3v) is 3.12. The molecule has 2 fully saturated rings. The van der Waals surface area contributed by atoms with E-state index in [9.17, 15) is 0 Å². The Labute approximate surface area is 83.7 Å². The minimum absolute atomic E-state index is 0.461. The highest BCUT2D eigenvalue weighted by molar-refractivity contribution is 5.02. The molecule has 1 aromatic rings. The second-order valence-corrected chi connectivity index (χ2v) is 4.46. The molecule has 1 saturated carbocycles. The van der Waals surface area contributed by atoms with Crippen LogP contribution in [0.4, 0.5) is 0 Å². The molecule has 76 valence electrons. The molecule has 0 bridgehead atoms. The topological polar surface area (TPSA) is 42.7 Å². The summed E-state index contributed by atoms with van der Waals surface area (Å²) in [5.41, 5.74) is 1.13. The van der Waals surface area contributed by atoms with Crippen LogP contribution < -0.4 is 5.32 Å². The van der Waals surface area contributed by atoms with Gasteiger partial charge in [0.1, 0.15) is 0 Å². The van der Waals surface area contributed by atoms with Crippen molar-refractivity contribution in [1.82, 2.24) is 20.3 Å². The predicted octanol–water partition coefficient (Wildman–Crippen LogP) is 1.11. The maximum atomic E-state index is 4.23. The second kappa shape index (κ2) is 3.35. The van der Waals surface area contributed by atoms with Crippen molar-refractivity contribution >= 4 is 0 Å². The summed E-state index contributed by atoms with van der Waals surface area (Å²) >= 11 is 0. The lowest BCUT2D eigenvalue weighted by Gasteiger charge is -2.03. The summed E-state index contributed by atoms with van der Waals surface area (Å²) in [5, 5.41) is 11.8. The number of hydrogen-bond donors (Lipinski definition) is 1. The molecular formula is C10H16N4. The first-order valence-electron chi connectivity index (χ1n) is 5.55. The van der Waals surface area contributed by atoms with Gasteiger partial charge in [-0.2, -0.15) is 0 Å². The average Bonchev–Trinajstić information content (AvgIpc) is 2.71. The van der Waals surface area contributed by atoms with E-state index >= 15 is 0 Å². The summed E-state index contributed by atoms with van der Waals surface area (Å²) in [6.07, 6.45) is 7.33. The number of aromatic nitrogens is 3. The van der Waals surface area contributed by atoms with Gasteiger partial charge in [0.2, 0.25) is 0 Å². The van der Waals surface area contributed by atoms with E-state index in [0.29, 0.717) is 6.04 Å². The minimum Gasteiger partial charge on any atom is -0.309 e. The van der Waals surface area contributed by atoms with Crippen LogP contribution in [0.1, 0.15) is 37.4 Å². The predicted molar refractivity (Wildman–Crippen MR) is 52.7 cm³/mol. The average molecular weight is 192 g/mol. The first kappa shape index (κ1) is 8.41. The summed E-state index contributed by atoms with van der Waals surface area (Å²) in [6, 6.07) is 0.461. The van der Waals surface area contributed by atoms with Crippen LogP contribution in [0.3, 0.4) is 0 Å². The number of nitrogens with one attached hydrogen (secondary N) is 1. The van der Waals surface area contributed by atoms with Gasteiger partial charge >= 0.3 is 0 Å². The molecule has 1 unspecified atom stereocenters. The lowest BCUT2D eigenvalue weighted by Crippen LogP contribution is -2.13. The van der Waals surface area contributed by atoms with Crippen molar-refractivity contribution in [2.24, 2.45) is 5.92 Å². The van der Waals surface area contributed by atoms with Crippen molar-refractivity contribution in [3.8, 4) is 0 Å². The van der Waals surface area contributed by atoms with E-state index in [0.717, 1.165) is 24.7 Å². The lowest BCUT2D eigenvalue weighted by atomic mass is 10.2. The van der Waals surface area contributed by atoms with Gasteiger partial charge in [0, 0.05) is 6.54 Å². The zero-order chi connectivity index (χ0) is 9.38. The van der Waals surface area contributed by atoms with Crippen LogP contribution in [0, 0.1) is 5.92 Å². The van der Waals surface area contributed by atoms with Crippen LogP contribution in [0.15, 0.2) is 6.20 Å². The molecule has 0 aromatic carbocycles. The van der Waals surface area contributed by atoms with Crippen LogP contribution in [0.2, 0.25) is 0 Å². The molecule has 1 aromatic heterocycles. The van der Waals surface area contributed by atoms with E-state index in [1.807, 2.05) is 4.68 Å². The van der Waals surface area contributed by atoms with Crippen molar-refractivity contribution in [3.05, 3.63) is 11.9 Å². The Kier molecular flexibility index (Phi) is 2.01. The SMILES string of the molecule is c1c(C2CCCN2)nnn1CC1CC1. The van der Waals surface area contributed by atoms with Gasteiger partial charge in [-0.1, -0.05) is 5.21 Å². The second-order valence-electron chi connectivity index (χ2n) is 4.46. The molecule has 1 atom stereocenters. The van der Waals surface area contributed by atoms with E-state index < -0.39 is 0 Å². The molecule has 0 radical (unpaired) electrons. The molecule has 2 aliphatic rings. The molecule has 3 rings (SSSR count). The van der Waals surface area contributed by atoms with E-state index in [-0.39, 0.29) is 0 Å². The van der Waals surface area contributed by atoms with Crippen molar-refractivity contribution in [2.45, 2.75) is 38.3 Å². The normalized spacial score (nSPS) is 27.0. The summed E-state index contributed by atoms with van der Waals surface area (Å²) in [4.78, 5) is 0. The largest absolute Gasteiger partial charge is 0.309 e. The van der Waals surface area contributed by atoms with Gasteiger partial charge in [-0.05, 0) is 38.1 Å². The van der Waals surface area contributed by atoms with Crippen molar-refractivity contribution < 1.29 is 0 Å². The molecule has 1 aliphatic carbocycles. The Bertz CT molecular complexity index is 310. The first-order valence-corrected chi connectivity index (χ1v) is 5.55. The Morgan fingerprint density at radius 1 is 1.43 bits per heavy atom. The van der Waals surface area contributed by atoms with Gasteiger partial charge < -0.3 is 5.32 Å². The summed E-state index contributed by atoms with van der Waals surface area (Å²) < 4.78 is 2.01. The molecule has 2 heterocycles. The third kappa shape index (κ3) is 1.66. The fourth-order valence-electron chi connectivity index (χ4n) is 2.06. The fourth-order valence-corrected chi connectivity index (χ4v) is 2.06. The van der Waals surface area contributed by atoms with Gasteiger partial charge in [-0.3, -0.25) is 4.68 Å². The Morgan fingerprint density at radius 2 is 2.36 bits per heavy atom. The van der Waals surface area contributed by atoms with E-state index in [1.54, 1.807) is 0 Å². The molecular weight excluding hydrogens is 176 g/mol. The van der Waals surface area contributed by atoms with E-state index in [1.165, 1.54) is 25.7 Å². The van der Waals surface area contributed by atoms with Crippen LogP contribution in [-0.2, 0) is 6.54 Å². The van der Waals surface area contributed by atoms with Gasteiger partial charge in [-0.15, -0.1) is 5.10 Å². The smallest absolute Gasteiger partial charge is 0.0996 e. The Morgan fingerprint density at radius 3 is 3.07 bits per heavy atom. The van der Waals surface area contributed by atoms with Gasteiger partial charge in [-0.25, -0.2) is 0 Å². The molecule has 0 spiro atoms. The first-order chi connectivity index (χ1) is 6.92. The highest BCUT2D eigenvalue weighted by atomic mass is 15.4. The van der Waals surface area contributed by atoms with Crippen LogP contribution in [-0.4, -0.2) is 21.5 Å². The van der Waals surface area contributed by atoms with Gasteiger partial charge in [0.05, 0.1) is 17.9 Å². The molecule has 1 saturated heterocycles. The fraction of sp³-hybridized carbons (Fsp3) is 0.800. The summed E-state index contributed by atoms with van der Waals surface area (Å²) in [5.74, 6) is 0.876. The molecule has 1 aliphatic heterocycles. The maximum absolute atomic E-state index is 4.23. The van der Waals surface area contributed by atoms with Crippen molar-refractivity contribution in [2.75, 3.05) is 6.54 Å². The summed E-state index contributed by atoms with van der Waals surface area (Å²) in [7, 11) is 0. The van der Waals surface area contributed by atoms with E-state index in [2.05, 4.69) is 21.8 Å². The Hall–Kier alpha value is -0.900. The van der Waals surface area contributed by atoms with Crippen LogP contribution in [0.5, 0.6) is 0 Å². The maximum Gasteiger partial charge on any atom is 0.0996 e. The van der Waals surface area contributed by atoms with Crippen LogP contribution in [0.25, 0.3) is 0 Å². The molecule has 1 N–H and O–H groups in total. The zero-order valence-corrected chi connectivity index (χ0v) is 8.32. The minimum atomic E-state index is 0.461. The van der Waals surface area contributed by atoms with Gasteiger partial charge in [0.15, 0.2) is 0 Å². The lowest BCUT2D eigenvalue weighted by molar-refractivity contribution is 0.544. The Balaban J connectivity index is 1.68. The highest BCUT2D eigenvalue weighted by Gasteiger charge is 2.24. The zero-order valence-electron chi connectivity index (χ0n) is 8.32. The number of rotatable bonds is 3. The standard InChI is InChI=1S/C10H16N4/c1-2-9(11-5-1)10-7-14(13-12-10)6-8-3-4-8/h7-9,11H,1-6H2. The van der Waals surface area contributed by atoms with Crippen molar-refractivity contribution in [1.29, 1.82) is 0 Å². The van der Waals surface area contributed by atoms with Gasteiger partial charge in [0.25, 0.3) is 0 Å². The number of hydrogen-bond acceptors (Lipinski definition) is 3. The molecule has 4 nitrogen and oxygen atoms in total. The highest BCUT2D eigenvalue weighted by Crippen LogP contribution is 2.30. The van der Waals surface area contributed by atoms with Crippen LogP contribution >= 0.6 is 0 Å². The molecule has 14 heavy (non-hydrogen) atoms. The molecule has 4 heteroatoms. The monoisotopic (exact) mass is 192 g/mol. The van der Waals surface area contributed by atoms with E-state index in [4.69, 9.17) is 0 Å². The third-order valence-electron chi connectivity index (χ3n) is 3.12. The number of nitrogens with zero attached hydrogens (tertiary/aromatic N) is 3. The molecule has 0 amide bonds.